The Labute approximate surface area is 252 Å². The third kappa shape index (κ3) is 5.11. The number of nitrogens with one attached hydrogen (secondary N) is 1. The zero-order valence-corrected chi connectivity index (χ0v) is 24.9. The van der Waals surface area contributed by atoms with E-state index in [0.29, 0.717) is 11.2 Å². The van der Waals surface area contributed by atoms with Gasteiger partial charge in [-0.3, -0.25) is 9.13 Å². The summed E-state index contributed by atoms with van der Waals surface area (Å²) in [5.74, 6) is 0.0565. The third-order valence-corrected chi connectivity index (χ3v) is 10.8. The topological polar surface area (TPSA) is 230 Å². The van der Waals surface area contributed by atoms with Gasteiger partial charge in [0.15, 0.2) is 54.5 Å². The molecule has 7 heterocycles. The number of fused-ring (bicyclic) bond motifs is 5. The summed E-state index contributed by atoms with van der Waals surface area (Å²) in [6, 6.07) is 1.52. The zero-order chi connectivity index (χ0) is 31.0. The van der Waals surface area contributed by atoms with Crippen molar-refractivity contribution in [1.82, 2.24) is 38.8 Å². The van der Waals surface area contributed by atoms with Gasteiger partial charge in [-0.25, -0.2) is 37.9 Å². The van der Waals surface area contributed by atoms with Gasteiger partial charge in [0.05, 0.1) is 24.4 Å². The molecule has 0 saturated carbocycles. The van der Waals surface area contributed by atoms with Crippen LogP contribution in [0.3, 0.4) is 0 Å². The predicted octanol–water partition coefficient (Wildman–Crippen LogP) is 0.217. The first-order valence-electron chi connectivity index (χ1n) is 13.2. The van der Waals surface area contributed by atoms with Gasteiger partial charge in [0, 0.05) is 18.9 Å². The molecule has 9 unspecified atom stereocenters. The Bertz CT molecular complexity index is 1900. The van der Waals surface area contributed by atoms with Gasteiger partial charge in [-0.15, -0.1) is 0 Å². The molecule has 9 atom stereocenters. The fourth-order valence-corrected chi connectivity index (χ4v) is 8.42. The molecule has 3 saturated heterocycles. The largest absolute Gasteiger partial charge is 0.397 e. The molecule has 7 rings (SSSR count). The van der Waals surface area contributed by atoms with Crippen molar-refractivity contribution in [3.8, 4) is 0 Å². The molecule has 0 spiro atoms. The maximum absolute atomic E-state index is 16.0. The van der Waals surface area contributed by atoms with Gasteiger partial charge in [-0.1, -0.05) is 0 Å². The van der Waals surface area contributed by atoms with Gasteiger partial charge in [-0.05, 0) is 24.3 Å². The van der Waals surface area contributed by atoms with Gasteiger partial charge in [0.2, 0.25) is 0 Å². The number of pyridine rings is 1. The van der Waals surface area contributed by atoms with Crippen molar-refractivity contribution >= 4 is 62.4 Å². The number of alkyl halides is 2. The van der Waals surface area contributed by atoms with Gasteiger partial charge >= 0.3 is 10.3 Å². The lowest BCUT2D eigenvalue weighted by molar-refractivity contribution is -0.0304. The Morgan fingerprint density at radius 3 is 2.48 bits per heavy atom. The van der Waals surface area contributed by atoms with Crippen LogP contribution in [0.15, 0.2) is 31.2 Å². The molecule has 3 fully saturated rings. The van der Waals surface area contributed by atoms with Crippen LogP contribution >= 0.6 is 6.49 Å². The van der Waals surface area contributed by atoms with Gasteiger partial charge in [0.25, 0.3) is 0 Å². The second-order valence-corrected chi connectivity index (χ2v) is 15.4. The Morgan fingerprint density at radius 1 is 0.977 bits per heavy atom. The standard InChI is InChI=1S/C22H25F2N10O7PS2/c23-12-10-2-4-42(35,43)40-16-11(39-21(13(16)24)33-8-31-15-18(26)28-6-29-20(15)33)5-32-44(36,37)41-17(12)22(38-10)34-7-30-14-9(25)1-3-27-19(14)34/h1,3,6-8,10-13,16-17,21-22,32H,2,4-5H2,(H2,25,27)(H,35,43)(H2,26,28,29). The molecule has 4 aromatic heterocycles. The SMILES string of the molecule is Nc1ncnc2c1ncn2C1OC2CNS(=O)(=O)OC3C(F)C(CCP(O)(=S)OC2C1F)OC3n1cnc2c(N)ccnc21. The number of nitrogens with zero attached hydrogens (tertiary/aromatic N) is 7. The second kappa shape index (κ2) is 10.8. The highest BCUT2D eigenvalue weighted by atomic mass is 32.5. The van der Waals surface area contributed by atoms with E-state index in [9.17, 15) is 13.3 Å². The van der Waals surface area contributed by atoms with Crippen molar-refractivity contribution in [3.05, 3.63) is 31.2 Å². The first-order valence-corrected chi connectivity index (χ1v) is 17.5. The summed E-state index contributed by atoms with van der Waals surface area (Å²) in [5, 5.41) is 0. The van der Waals surface area contributed by atoms with Crippen molar-refractivity contribution < 1.29 is 40.3 Å². The number of imidazole rings is 2. The van der Waals surface area contributed by atoms with Crippen molar-refractivity contribution in [1.29, 1.82) is 0 Å². The zero-order valence-electron chi connectivity index (χ0n) is 22.3. The van der Waals surface area contributed by atoms with Crippen LogP contribution in [0.1, 0.15) is 18.9 Å². The first kappa shape index (κ1) is 29.7. The number of nitrogens with two attached hydrogens (primary N) is 2. The summed E-state index contributed by atoms with van der Waals surface area (Å²) >= 11 is 5.33. The van der Waals surface area contributed by atoms with Crippen LogP contribution in [-0.4, -0.2) is 96.8 Å². The molecule has 3 aliphatic rings. The Hall–Kier alpha value is -3.01. The molecule has 44 heavy (non-hydrogen) atoms. The van der Waals surface area contributed by atoms with Crippen LogP contribution in [0, 0.1) is 0 Å². The summed E-state index contributed by atoms with van der Waals surface area (Å²) in [6.45, 7) is -4.39. The molecule has 4 aromatic rings. The lowest BCUT2D eigenvalue weighted by atomic mass is 10.1. The summed E-state index contributed by atoms with van der Waals surface area (Å²) in [7, 11) is -4.71. The molecule has 2 bridgehead atoms. The van der Waals surface area contributed by atoms with E-state index in [4.69, 9.17) is 41.5 Å². The summed E-state index contributed by atoms with van der Waals surface area (Å²) in [4.78, 5) is 31.6. The lowest BCUT2D eigenvalue weighted by Crippen LogP contribution is -2.43. The van der Waals surface area contributed by atoms with Crippen LogP contribution in [0.25, 0.3) is 22.3 Å². The number of aromatic nitrogens is 7. The van der Waals surface area contributed by atoms with Gasteiger partial charge in [0.1, 0.15) is 29.6 Å². The number of nitrogen functional groups attached to an aromatic ring is 2. The van der Waals surface area contributed by atoms with Gasteiger partial charge in [-0.2, -0.15) is 13.1 Å². The van der Waals surface area contributed by atoms with E-state index in [0.717, 1.165) is 0 Å². The molecule has 0 radical (unpaired) electrons. The molecule has 0 aliphatic carbocycles. The Kier molecular flexibility index (Phi) is 7.29. The number of hydrogen-bond donors (Lipinski definition) is 4. The molecule has 17 nitrogen and oxygen atoms in total. The number of rotatable bonds is 2. The fourth-order valence-electron chi connectivity index (χ4n) is 5.55. The molecule has 236 valence electrons. The third-order valence-electron chi connectivity index (χ3n) is 7.64. The maximum atomic E-state index is 16.0. The monoisotopic (exact) mass is 674 g/mol. The maximum Gasteiger partial charge on any atom is 0.336 e. The number of ether oxygens (including phenoxy) is 2. The van der Waals surface area contributed by atoms with Crippen LogP contribution < -0.4 is 16.2 Å². The quantitative estimate of drug-likeness (QED) is 0.208. The Balaban J connectivity index is 1.20. The van der Waals surface area contributed by atoms with E-state index < -0.39 is 72.6 Å². The number of anilines is 2. The van der Waals surface area contributed by atoms with Crippen LogP contribution in [-0.2, 0) is 40.3 Å². The van der Waals surface area contributed by atoms with Crippen molar-refractivity contribution in [2.75, 3.05) is 24.2 Å². The summed E-state index contributed by atoms with van der Waals surface area (Å²) in [5.41, 5.74) is 13.0. The minimum Gasteiger partial charge on any atom is -0.397 e. The summed E-state index contributed by atoms with van der Waals surface area (Å²) < 4.78 is 85.7. The van der Waals surface area contributed by atoms with E-state index in [1.165, 1.54) is 40.4 Å². The molecular formula is C22H25F2N10O7PS2. The highest BCUT2D eigenvalue weighted by molar-refractivity contribution is 8.09. The van der Waals surface area contributed by atoms with E-state index in [1.54, 1.807) is 0 Å². The van der Waals surface area contributed by atoms with Crippen LogP contribution in [0.2, 0.25) is 0 Å². The molecule has 0 aromatic carbocycles. The van der Waals surface area contributed by atoms with Crippen molar-refractivity contribution in [2.24, 2.45) is 0 Å². The molecule has 3 aliphatic heterocycles. The fraction of sp³-hybridized carbons (Fsp3) is 0.500. The van der Waals surface area contributed by atoms with Crippen LogP contribution in [0.4, 0.5) is 20.3 Å². The minimum absolute atomic E-state index is 0.0565. The number of hydrogen-bond acceptors (Lipinski definition) is 14. The molecular weight excluding hydrogens is 649 g/mol. The van der Waals surface area contributed by atoms with E-state index in [1.807, 2.05) is 0 Å². The average Bonchev–Trinajstić information content (AvgIpc) is 3.73. The first-order chi connectivity index (χ1) is 20.9. The summed E-state index contributed by atoms with van der Waals surface area (Å²) in [6.07, 6.45) is -7.96. The predicted molar refractivity (Wildman–Crippen MR) is 152 cm³/mol. The van der Waals surface area contributed by atoms with Crippen molar-refractivity contribution in [3.63, 3.8) is 0 Å². The van der Waals surface area contributed by atoms with E-state index in [2.05, 4.69) is 29.6 Å². The second-order valence-electron chi connectivity index (χ2n) is 10.4. The highest BCUT2D eigenvalue weighted by Crippen LogP contribution is 2.51. The molecule has 22 heteroatoms. The molecule has 0 amide bonds. The van der Waals surface area contributed by atoms with Crippen LogP contribution in [0.5, 0.6) is 0 Å². The normalized spacial score (nSPS) is 36.1. The van der Waals surface area contributed by atoms with E-state index in [-0.39, 0.29) is 35.2 Å². The van der Waals surface area contributed by atoms with Gasteiger partial charge < -0.3 is 30.4 Å². The van der Waals surface area contributed by atoms with Crippen molar-refractivity contribution in [2.45, 2.75) is 55.6 Å². The smallest absolute Gasteiger partial charge is 0.336 e. The lowest BCUT2D eigenvalue weighted by Gasteiger charge is -2.26. The minimum atomic E-state index is -4.71. The highest BCUT2D eigenvalue weighted by Gasteiger charge is 2.53. The average molecular weight is 675 g/mol. The number of halogens is 2. The Morgan fingerprint density at radius 2 is 1.68 bits per heavy atom. The molecule has 6 N–H and O–H groups in total. The van der Waals surface area contributed by atoms with E-state index >= 15 is 8.78 Å².